The Kier molecular flexibility index (Phi) is 5.19. The maximum absolute atomic E-state index is 8.75. The Bertz CT molecular complexity index is 284. The van der Waals surface area contributed by atoms with Crippen LogP contribution in [-0.4, -0.2) is 17.8 Å². The molecule has 1 aromatic rings. The number of ether oxygens (including phenoxy) is 1. The van der Waals surface area contributed by atoms with Crippen molar-refractivity contribution < 1.29 is 9.84 Å². The van der Waals surface area contributed by atoms with Gasteiger partial charge in [-0.05, 0) is 43.9 Å². The molecule has 0 saturated carbocycles. The van der Waals surface area contributed by atoms with Crippen molar-refractivity contribution in [2.45, 2.75) is 39.2 Å². The summed E-state index contributed by atoms with van der Waals surface area (Å²) in [5, 5.41) is 8.75. The summed E-state index contributed by atoms with van der Waals surface area (Å²) in [6.07, 6.45) is 3.00. The Hall–Kier alpha value is -1.02. The number of aliphatic hydroxyl groups excluding tert-OH is 1. The van der Waals surface area contributed by atoms with Crippen LogP contribution in [-0.2, 0) is 6.42 Å². The van der Waals surface area contributed by atoms with Gasteiger partial charge in [-0.25, -0.2) is 0 Å². The van der Waals surface area contributed by atoms with Gasteiger partial charge in [-0.15, -0.1) is 0 Å². The number of aliphatic hydroxyl groups is 1. The van der Waals surface area contributed by atoms with Crippen LogP contribution in [0.15, 0.2) is 24.3 Å². The predicted molar refractivity (Wildman–Crippen MR) is 62.2 cm³/mol. The van der Waals surface area contributed by atoms with Crippen molar-refractivity contribution in [2.75, 3.05) is 6.61 Å². The van der Waals surface area contributed by atoms with E-state index in [0.29, 0.717) is 0 Å². The molecule has 0 saturated heterocycles. The van der Waals surface area contributed by atoms with Crippen molar-refractivity contribution >= 4 is 0 Å². The van der Waals surface area contributed by atoms with Crippen LogP contribution in [0.5, 0.6) is 5.75 Å². The molecule has 1 unspecified atom stereocenters. The van der Waals surface area contributed by atoms with Gasteiger partial charge in [0.1, 0.15) is 5.75 Å². The third-order valence-electron chi connectivity index (χ3n) is 2.43. The maximum Gasteiger partial charge on any atom is 0.119 e. The van der Waals surface area contributed by atoms with Crippen molar-refractivity contribution in [2.24, 2.45) is 0 Å². The van der Waals surface area contributed by atoms with E-state index in [-0.39, 0.29) is 12.7 Å². The van der Waals surface area contributed by atoms with E-state index in [4.69, 9.17) is 9.84 Å². The first-order valence-electron chi connectivity index (χ1n) is 5.62. The highest BCUT2D eigenvalue weighted by Crippen LogP contribution is 2.16. The molecule has 0 aliphatic heterocycles. The molecular weight excluding hydrogens is 188 g/mol. The van der Waals surface area contributed by atoms with E-state index in [2.05, 4.69) is 26.0 Å². The predicted octanol–water partition coefficient (Wildman–Crippen LogP) is 2.79. The van der Waals surface area contributed by atoms with Crippen molar-refractivity contribution in [3.05, 3.63) is 29.8 Å². The molecule has 0 fully saturated rings. The fourth-order valence-corrected chi connectivity index (χ4v) is 1.37. The highest BCUT2D eigenvalue weighted by Gasteiger charge is 2.01. The zero-order chi connectivity index (χ0) is 11.1. The Morgan fingerprint density at radius 2 is 2.20 bits per heavy atom. The van der Waals surface area contributed by atoms with Crippen LogP contribution in [0, 0.1) is 0 Å². The summed E-state index contributed by atoms with van der Waals surface area (Å²) in [6.45, 7) is 4.43. The van der Waals surface area contributed by atoms with E-state index in [1.165, 1.54) is 5.56 Å². The highest BCUT2D eigenvalue weighted by molar-refractivity contribution is 5.28. The Morgan fingerprint density at radius 3 is 2.87 bits per heavy atom. The molecule has 15 heavy (non-hydrogen) atoms. The molecule has 0 aliphatic carbocycles. The quantitative estimate of drug-likeness (QED) is 0.779. The topological polar surface area (TPSA) is 29.5 Å². The van der Waals surface area contributed by atoms with E-state index in [9.17, 15) is 0 Å². The fraction of sp³-hybridized carbons (Fsp3) is 0.538. The summed E-state index contributed by atoms with van der Waals surface area (Å²) < 4.78 is 5.72. The van der Waals surface area contributed by atoms with Crippen LogP contribution in [0.4, 0.5) is 0 Å². The molecule has 1 aromatic carbocycles. The molecule has 0 spiro atoms. The summed E-state index contributed by atoms with van der Waals surface area (Å²) >= 11 is 0. The summed E-state index contributed by atoms with van der Waals surface area (Å²) in [4.78, 5) is 0. The average molecular weight is 208 g/mol. The molecule has 0 aliphatic rings. The van der Waals surface area contributed by atoms with Crippen molar-refractivity contribution in [1.82, 2.24) is 0 Å². The van der Waals surface area contributed by atoms with Crippen LogP contribution in [0.1, 0.15) is 32.3 Å². The summed E-state index contributed by atoms with van der Waals surface area (Å²) in [5.41, 5.74) is 1.23. The molecule has 2 nitrogen and oxygen atoms in total. The number of benzene rings is 1. The molecule has 1 atom stereocenters. The second-order valence-electron chi connectivity index (χ2n) is 3.81. The molecule has 2 heteroatoms. The van der Waals surface area contributed by atoms with Gasteiger partial charge in [0.15, 0.2) is 0 Å². The first-order chi connectivity index (χ1) is 7.26. The van der Waals surface area contributed by atoms with Crippen molar-refractivity contribution in [3.63, 3.8) is 0 Å². The van der Waals surface area contributed by atoms with Gasteiger partial charge in [0.25, 0.3) is 0 Å². The normalized spacial score (nSPS) is 12.5. The van der Waals surface area contributed by atoms with Gasteiger partial charge in [0.2, 0.25) is 0 Å². The molecule has 84 valence electrons. The smallest absolute Gasteiger partial charge is 0.119 e. The Labute approximate surface area is 91.9 Å². The standard InChI is InChI=1S/C13H20O2/c1-3-11(2)15-13-8-4-6-12(10-13)7-5-9-14/h4,6,8,10-11,14H,3,5,7,9H2,1-2H3. The van der Waals surface area contributed by atoms with Crippen LogP contribution in [0.25, 0.3) is 0 Å². The van der Waals surface area contributed by atoms with Crippen LogP contribution >= 0.6 is 0 Å². The SMILES string of the molecule is CCC(C)Oc1cccc(CCCO)c1. The third kappa shape index (κ3) is 4.34. The van der Waals surface area contributed by atoms with Gasteiger partial charge in [-0.3, -0.25) is 0 Å². The molecule has 0 amide bonds. The lowest BCUT2D eigenvalue weighted by Crippen LogP contribution is -2.09. The number of hydrogen-bond acceptors (Lipinski definition) is 2. The van der Waals surface area contributed by atoms with Gasteiger partial charge in [-0.1, -0.05) is 19.1 Å². The maximum atomic E-state index is 8.75. The van der Waals surface area contributed by atoms with E-state index in [1.807, 2.05) is 12.1 Å². The second-order valence-corrected chi connectivity index (χ2v) is 3.81. The van der Waals surface area contributed by atoms with Crippen molar-refractivity contribution in [1.29, 1.82) is 0 Å². The van der Waals surface area contributed by atoms with Gasteiger partial charge < -0.3 is 9.84 Å². The zero-order valence-electron chi connectivity index (χ0n) is 9.57. The van der Waals surface area contributed by atoms with E-state index in [0.717, 1.165) is 25.0 Å². The van der Waals surface area contributed by atoms with E-state index >= 15 is 0 Å². The minimum absolute atomic E-state index is 0.246. The van der Waals surface area contributed by atoms with E-state index in [1.54, 1.807) is 0 Å². The lowest BCUT2D eigenvalue weighted by molar-refractivity contribution is 0.217. The minimum atomic E-state index is 0.246. The van der Waals surface area contributed by atoms with Gasteiger partial charge in [0, 0.05) is 6.61 Å². The molecule has 1 rings (SSSR count). The third-order valence-corrected chi connectivity index (χ3v) is 2.43. The second kappa shape index (κ2) is 6.46. The molecule has 1 N–H and O–H groups in total. The largest absolute Gasteiger partial charge is 0.491 e. The van der Waals surface area contributed by atoms with Crippen LogP contribution in [0.2, 0.25) is 0 Å². The average Bonchev–Trinajstić information content (AvgIpc) is 2.26. The van der Waals surface area contributed by atoms with Gasteiger partial charge >= 0.3 is 0 Å². The molecule has 0 bridgehead atoms. The molecule has 0 radical (unpaired) electrons. The minimum Gasteiger partial charge on any atom is -0.491 e. The molecular formula is C13H20O2. The first kappa shape index (κ1) is 12.1. The van der Waals surface area contributed by atoms with Crippen LogP contribution < -0.4 is 4.74 Å². The fourth-order valence-electron chi connectivity index (χ4n) is 1.37. The Morgan fingerprint density at radius 1 is 1.40 bits per heavy atom. The monoisotopic (exact) mass is 208 g/mol. The number of hydrogen-bond donors (Lipinski definition) is 1. The first-order valence-corrected chi connectivity index (χ1v) is 5.62. The molecule has 0 aromatic heterocycles. The summed E-state index contributed by atoms with van der Waals surface area (Å²) in [7, 11) is 0. The van der Waals surface area contributed by atoms with Gasteiger partial charge in [0.05, 0.1) is 6.10 Å². The highest BCUT2D eigenvalue weighted by atomic mass is 16.5. The van der Waals surface area contributed by atoms with E-state index < -0.39 is 0 Å². The Balaban J connectivity index is 2.57. The van der Waals surface area contributed by atoms with Crippen LogP contribution in [0.3, 0.4) is 0 Å². The number of rotatable bonds is 6. The summed E-state index contributed by atoms with van der Waals surface area (Å²) in [5.74, 6) is 0.930. The lowest BCUT2D eigenvalue weighted by atomic mass is 10.1. The zero-order valence-corrected chi connectivity index (χ0v) is 9.57. The van der Waals surface area contributed by atoms with Crippen molar-refractivity contribution in [3.8, 4) is 5.75 Å². The number of aryl methyl sites for hydroxylation is 1. The summed E-state index contributed by atoms with van der Waals surface area (Å²) in [6, 6.07) is 8.11. The molecule has 0 heterocycles. The lowest BCUT2D eigenvalue weighted by Gasteiger charge is -2.13. The van der Waals surface area contributed by atoms with Gasteiger partial charge in [-0.2, -0.15) is 0 Å².